The Morgan fingerprint density at radius 3 is 2.43 bits per heavy atom. The van der Waals surface area contributed by atoms with Gasteiger partial charge in [0.1, 0.15) is 0 Å². The van der Waals surface area contributed by atoms with E-state index in [2.05, 4.69) is 0 Å². The van der Waals surface area contributed by atoms with Crippen LogP contribution in [-0.4, -0.2) is 47.8 Å². The molecule has 126 valence electrons. The number of carboxylic acids is 1. The van der Waals surface area contributed by atoms with Crippen molar-refractivity contribution in [2.75, 3.05) is 19.7 Å². The minimum atomic E-state index is -4.72. The fraction of sp³-hybridized carbons (Fsp3) is 0.429. The van der Waals surface area contributed by atoms with E-state index < -0.39 is 55.4 Å². The Balaban J connectivity index is 2.01. The molecule has 23 heavy (non-hydrogen) atoms. The third kappa shape index (κ3) is 3.91. The van der Waals surface area contributed by atoms with E-state index in [1.165, 1.54) is 18.2 Å². The number of amides is 1. The molecule has 1 aliphatic rings. The molecule has 1 aromatic carbocycles. The Morgan fingerprint density at radius 1 is 1.26 bits per heavy atom. The number of para-hydroxylation sites is 1. The lowest BCUT2D eigenvalue weighted by Crippen LogP contribution is -2.35. The van der Waals surface area contributed by atoms with Crippen molar-refractivity contribution in [3.05, 3.63) is 30.1 Å². The number of aliphatic carboxylic acids is 1. The van der Waals surface area contributed by atoms with Gasteiger partial charge in [-0.25, -0.2) is 4.39 Å². The van der Waals surface area contributed by atoms with Gasteiger partial charge in [-0.1, -0.05) is 12.1 Å². The lowest BCUT2D eigenvalue weighted by atomic mass is 9.96. The van der Waals surface area contributed by atoms with Crippen LogP contribution in [0, 0.1) is 17.7 Å². The number of carbonyl (C=O) groups is 2. The normalized spacial score (nSPS) is 21.3. The molecule has 1 saturated heterocycles. The second-order valence-electron chi connectivity index (χ2n) is 5.11. The minimum Gasteiger partial charge on any atom is -0.481 e. The Labute approximate surface area is 128 Å². The van der Waals surface area contributed by atoms with Crippen LogP contribution in [0.1, 0.15) is 0 Å². The van der Waals surface area contributed by atoms with Crippen molar-refractivity contribution in [2.45, 2.75) is 6.18 Å². The maximum absolute atomic E-state index is 13.3. The number of ether oxygens (including phenoxy) is 1. The number of halogens is 4. The summed E-state index contributed by atoms with van der Waals surface area (Å²) in [6, 6.07) is 5.26. The van der Waals surface area contributed by atoms with Gasteiger partial charge >= 0.3 is 12.1 Å². The lowest BCUT2D eigenvalue weighted by Gasteiger charge is -2.18. The predicted molar refractivity (Wildman–Crippen MR) is 69.1 cm³/mol. The second kappa shape index (κ2) is 6.43. The Kier molecular flexibility index (Phi) is 4.76. The predicted octanol–water partition coefficient (Wildman–Crippen LogP) is 1.93. The molecule has 1 fully saturated rings. The van der Waals surface area contributed by atoms with Gasteiger partial charge in [-0.3, -0.25) is 9.59 Å². The van der Waals surface area contributed by atoms with Crippen molar-refractivity contribution in [3.8, 4) is 5.75 Å². The molecule has 0 spiro atoms. The smallest absolute Gasteiger partial charge is 0.394 e. The van der Waals surface area contributed by atoms with Crippen LogP contribution in [0.2, 0.25) is 0 Å². The van der Waals surface area contributed by atoms with Gasteiger partial charge in [-0.2, -0.15) is 13.2 Å². The molecule has 0 aliphatic carbocycles. The summed E-state index contributed by atoms with van der Waals surface area (Å²) in [6.45, 7) is -1.98. The zero-order valence-corrected chi connectivity index (χ0v) is 11.7. The van der Waals surface area contributed by atoms with Gasteiger partial charge in [0.05, 0.1) is 11.8 Å². The largest absolute Gasteiger partial charge is 0.481 e. The zero-order chi connectivity index (χ0) is 17.2. The number of rotatable bonds is 4. The van der Waals surface area contributed by atoms with Crippen molar-refractivity contribution >= 4 is 11.9 Å². The van der Waals surface area contributed by atoms with Crippen LogP contribution in [0.4, 0.5) is 17.6 Å². The van der Waals surface area contributed by atoms with Crippen LogP contribution in [0.3, 0.4) is 0 Å². The quantitative estimate of drug-likeness (QED) is 0.854. The number of likely N-dealkylation sites (tertiary alicyclic amines) is 1. The van der Waals surface area contributed by atoms with Gasteiger partial charge in [-0.15, -0.1) is 0 Å². The number of carboxylic acid groups (broad SMARTS) is 1. The van der Waals surface area contributed by atoms with Crippen molar-refractivity contribution in [1.29, 1.82) is 0 Å². The number of carbonyl (C=O) groups excluding carboxylic acids is 1. The summed E-state index contributed by atoms with van der Waals surface area (Å²) in [5.74, 6) is -7.20. The van der Waals surface area contributed by atoms with E-state index in [1.54, 1.807) is 0 Å². The molecule has 1 amide bonds. The topological polar surface area (TPSA) is 66.8 Å². The molecule has 1 heterocycles. The molecule has 0 bridgehead atoms. The molecule has 0 saturated carbocycles. The number of alkyl halides is 3. The number of nitrogens with zero attached hydrogens (tertiary/aromatic N) is 1. The molecule has 1 aliphatic heterocycles. The first-order chi connectivity index (χ1) is 10.7. The van der Waals surface area contributed by atoms with Crippen molar-refractivity contribution in [3.63, 3.8) is 0 Å². The molecular formula is C14H13F4NO4. The highest BCUT2D eigenvalue weighted by atomic mass is 19.4. The first-order valence-corrected chi connectivity index (χ1v) is 6.64. The van der Waals surface area contributed by atoms with Gasteiger partial charge < -0.3 is 14.7 Å². The standard InChI is InChI=1S/C14H13F4NO4/c15-10-3-1-2-4-11(10)23-7-12(20)19-5-8(13(21)22)9(6-19)14(16,17)18/h1-4,8-9H,5-7H2,(H,21,22)/t8-,9-/m1/s1. The molecule has 2 atom stereocenters. The van der Waals surface area contributed by atoms with E-state index in [9.17, 15) is 27.2 Å². The maximum atomic E-state index is 13.3. The van der Waals surface area contributed by atoms with Gasteiger partial charge in [0.25, 0.3) is 5.91 Å². The fourth-order valence-electron chi connectivity index (χ4n) is 2.38. The third-order valence-corrected chi connectivity index (χ3v) is 3.60. The van der Waals surface area contributed by atoms with E-state index in [1.807, 2.05) is 0 Å². The van der Waals surface area contributed by atoms with E-state index in [0.717, 1.165) is 11.0 Å². The Morgan fingerprint density at radius 2 is 1.91 bits per heavy atom. The Hall–Kier alpha value is -2.32. The average molecular weight is 335 g/mol. The molecule has 9 heteroatoms. The highest BCUT2D eigenvalue weighted by molar-refractivity contribution is 5.80. The highest BCUT2D eigenvalue weighted by Gasteiger charge is 2.53. The van der Waals surface area contributed by atoms with Crippen LogP contribution >= 0.6 is 0 Å². The van der Waals surface area contributed by atoms with Gasteiger partial charge in [0.15, 0.2) is 18.2 Å². The summed E-state index contributed by atoms with van der Waals surface area (Å²) in [7, 11) is 0. The van der Waals surface area contributed by atoms with Crippen LogP contribution in [-0.2, 0) is 9.59 Å². The number of hydrogen-bond acceptors (Lipinski definition) is 3. The first-order valence-electron chi connectivity index (χ1n) is 6.64. The minimum absolute atomic E-state index is 0.206. The SMILES string of the molecule is O=C(O)[C@@H]1CN(C(=O)COc2ccccc2F)C[C@H]1C(F)(F)F. The second-order valence-corrected chi connectivity index (χ2v) is 5.11. The Bertz CT molecular complexity index is 605. The molecule has 1 aromatic rings. The summed E-state index contributed by atoms with van der Waals surface area (Å²) in [6.07, 6.45) is -4.72. The average Bonchev–Trinajstić information content (AvgIpc) is 2.91. The summed E-state index contributed by atoms with van der Waals surface area (Å²) < 4.78 is 56.7. The van der Waals surface area contributed by atoms with E-state index in [4.69, 9.17) is 9.84 Å². The van der Waals surface area contributed by atoms with E-state index >= 15 is 0 Å². The maximum Gasteiger partial charge on any atom is 0.394 e. The zero-order valence-electron chi connectivity index (χ0n) is 11.7. The summed E-state index contributed by atoms with van der Waals surface area (Å²) in [5, 5.41) is 8.87. The summed E-state index contributed by atoms with van der Waals surface area (Å²) >= 11 is 0. The van der Waals surface area contributed by atoms with Gasteiger partial charge in [0, 0.05) is 13.1 Å². The van der Waals surface area contributed by atoms with E-state index in [-0.39, 0.29) is 5.75 Å². The lowest BCUT2D eigenvalue weighted by molar-refractivity contribution is -0.188. The highest BCUT2D eigenvalue weighted by Crippen LogP contribution is 2.37. The molecular weight excluding hydrogens is 322 g/mol. The van der Waals surface area contributed by atoms with Crippen LogP contribution < -0.4 is 4.74 Å². The molecule has 0 aromatic heterocycles. The molecule has 0 radical (unpaired) electrons. The third-order valence-electron chi connectivity index (χ3n) is 3.60. The molecule has 5 nitrogen and oxygen atoms in total. The first kappa shape index (κ1) is 17.0. The fourth-order valence-corrected chi connectivity index (χ4v) is 2.38. The molecule has 2 rings (SSSR count). The monoisotopic (exact) mass is 335 g/mol. The van der Waals surface area contributed by atoms with Crippen LogP contribution in [0.25, 0.3) is 0 Å². The summed E-state index contributed by atoms with van der Waals surface area (Å²) in [5.41, 5.74) is 0. The summed E-state index contributed by atoms with van der Waals surface area (Å²) in [4.78, 5) is 23.6. The van der Waals surface area contributed by atoms with Crippen molar-refractivity contribution in [1.82, 2.24) is 4.90 Å². The molecule has 0 unspecified atom stereocenters. The van der Waals surface area contributed by atoms with Crippen molar-refractivity contribution in [2.24, 2.45) is 11.8 Å². The molecule has 1 N–H and O–H groups in total. The van der Waals surface area contributed by atoms with Gasteiger partial charge in [0.2, 0.25) is 0 Å². The van der Waals surface area contributed by atoms with E-state index in [0.29, 0.717) is 0 Å². The number of hydrogen-bond donors (Lipinski definition) is 1. The van der Waals surface area contributed by atoms with Crippen LogP contribution in [0.15, 0.2) is 24.3 Å². The number of benzene rings is 1. The van der Waals surface area contributed by atoms with Crippen LogP contribution in [0.5, 0.6) is 5.75 Å². The van der Waals surface area contributed by atoms with Crippen molar-refractivity contribution < 1.29 is 37.0 Å². The van der Waals surface area contributed by atoms with Gasteiger partial charge in [-0.05, 0) is 12.1 Å².